The number of aromatic nitrogens is 1. The lowest BCUT2D eigenvalue weighted by Gasteiger charge is -2.30. The van der Waals surface area contributed by atoms with E-state index >= 15 is 0 Å². The van der Waals surface area contributed by atoms with Gasteiger partial charge in [0.05, 0.1) is 16.9 Å². The number of hydrogen-bond acceptors (Lipinski definition) is 6. The van der Waals surface area contributed by atoms with Gasteiger partial charge in [-0.25, -0.2) is 14.3 Å². The number of pyridine rings is 1. The summed E-state index contributed by atoms with van der Waals surface area (Å²) < 4.78 is 29.1. The maximum Gasteiger partial charge on any atom is 0.476 e. The molecule has 1 rings (SSSR count). The minimum absolute atomic E-state index is 0.116. The predicted octanol–water partition coefficient (Wildman–Crippen LogP) is 4.03. The summed E-state index contributed by atoms with van der Waals surface area (Å²) in [7, 11) is -3.85. The molecule has 0 fully saturated rings. The van der Waals surface area contributed by atoms with E-state index in [2.05, 4.69) is 4.98 Å². The molecular formula is C15H24NO6P. The zero-order chi connectivity index (χ0) is 17.9. The largest absolute Gasteiger partial charge is 0.477 e. The van der Waals surface area contributed by atoms with Crippen LogP contribution in [0, 0.1) is 0 Å². The zero-order valence-electron chi connectivity index (χ0n) is 14.3. The van der Waals surface area contributed by atoms with Crippen LogP contribution in [-0.2, 0) is 24.7 Å². The van der Waals surface area contributed by atoms with Crippen LogP contribution in [0.2, 0.25) is 0 Å². The van der Waals surface area contributed by atoms with Crippen molar-refractivity contribution in [2.75, 3.05) is 0 Å². The lowest BCUT2D eigenvalue weighted by molar-refractivity contribution is 0.000501. The van der Waals surface area contributed by atoms with Crippen LogP contribution in [0.3, 0.4) is 0 Å². The maximum absolute atomic E-state index is 12.8. The van der Waals surface area contributed by atoms with E-state index < -0.39 is 25.0 Å². The van der Waals surface area contributed by atoms with Crippen LogP contribution in [0.1, 0.15) is 57.7 Å². The van der Waals surface area contributed by atoms with E-state index in [9.17, 15) is 9.36 Å². The average Bonchev–Trinajstić information content (AvgIpc) is 2.32. The summed E-state index contributed by atoms with van der Waals surface area (Å²) >= 11 is 0. The van der Waals surface area contributed by atoms with Crippen molar-refractivity contribution in [3.63, 3.8) is 0 Å². The summed E-state index contributed by atoms with van der Waals surface area (Å²) in [5, 5.41) is 8.94. The van der Waals surface area contributed by atoms with Gasteiger partial charge in [0.15, 0.2) is 0 Å². The van der Waals surface area contributed by atoms with Gasteiger partial charge in [0.1, 0.15) is 12.3 Å². The number of phosphoric ester groups is 1. The highest BCUT2D eigenvalue weighted by Crippen LogP contribution is 2.55. The molecule has 0 saturated carbocycles. The Labute approximate surface area is 136 Å². The molecule has 0 aromatic carbocycles. The number of carboxylic acid groups (broad SMARTS) is 1. The van der Waals surface area contributed by atoms with Gasteiger partial charge in [-0.2, -0.15) is 0 Å². The van der Waals surface area contributed by atoms with Crippen LogP contribution in [0.4, 0.5) is 0 Å². The molecular weight excluding hydrogens is 321 g/mol. The Balaban J connectivity index is 2.92. The first-order valence-electron chi connectivity index (χ1n) is 7.15. The highest BCUT2D eigenvalue weighted by atomic mass is 31.2. The Morgan fingerprint density at radius 1 is 1.13 bits per heavy atom. The monoisotopic (exact) mass is 345 g/mol. The first-order chi connectivity index (χ1) is 10.3. The smallest absolute Gasteiger partial charge is 0.476 e. The van der Waals surface area contributed by atoms with Crippen molar-refractivity contribution in [3.8, 4) is 0 Å². The third-order valence-corrected chi connectivity index (χ3v) is 4.16. The highest BCUT2D eigenvalue weighted by Gasteiger charge is 2.37. The minimum atomic E-state index is -3.85. The number of carbonyl (C=O) groups is 1. The lowest BCUT2D eigenvalue weighted by atomic mass is 10.2. The molecule has 0 aliphatic rings. The molecule has 1 aromatic rings. The van der Waals surface area contributed by atoms with Gasteiger partial charge in [0.25, 0.3) is 0 Å². The molecule has 1 aromatic heterocycles. The molecule has 0 amide bonds. The van der Waals surface area contributed by atoms with Crippen LogP contribution < -0.4 is 0 Å². The Morgan fingerprint density at radius 2 is 1.65 bits per heavy atom. The third kappa shape index (κ3) is 7.70. The molecule has 1 heterocycles. The second kappa shape index (κ2) is 7.09. The molecule has 8 heteroatoms. The molecule has 0 bridgehead atoms. The van der Waals surface area contributed by atoms with E-state index in [0.717, 1.165) is 0 Å². The standard InChI is InChI=1S/C15H24NO6P/c1-14(2,3)21-23(19,22-15(4,5)6)20-10-11-8-7-9-12(16-11)13(17)18/h7-9H,10H2,1-6H3,(H,17,18). The van der Waals surface area contributed by atoms with E-state index in [4.69, 9.17) is 18.7 Å². The second-order valence-corrected chi connectivity index (χ2v) is 8.47. The van der Waals surface area contributed by atoms with Crippen molar-refractivity contribution in [3.05, 3.63) is 29.6 Å². The number of carboxylic acids is 1. The molecule has 0 saturated heterocycles. The van der Waals surface area contributed by atoms with Gasteiger partial charge in [-0.1, -0.05) is 6.07 Å². The summed E-state index contributed by atoms with van der Waals surface area (Å²) in [4.78, 5) is 14.8. The zero-order valence-corrected chi connectivity index (χ0v) is 15.2. The Hall–Kier alpha value is -1.27. The lowest BCUT2D eigenvalue weighted by Crippen LogP contribution is -2.24. The Bertz CT molecular complexity index is 583. The first-order valence-corrected chi connectivity index (χ1v) is 8.61. The number of nitrogens with zero attached hydrogens (tertiary/aromatic N) is 1. The summed E-state index contributed by atoms with van der Waals surface area (Å²) in [6.45, 7) is 10.2. The summed E-state index contributed by atoms with van der Waals surface area (Å²) in [6.07, 6.45) is 0. The van der Waals surface area contributed by atoms with Crippen LogP contribution in [0.15, 0.2) is 18.2 Å². The predicted molar refractivity (Wildman–Crippen MR) is 85.3 cm³/mol. The van der Waals surface area contributed by atoms with E-state index in [0.29, 0.717) is 5.69 Å². The van der Waals surface area contributed by atoms with Crippen LogP contribution in [0.25, 0.3) is 0 Å². The van der Waals surface area contributed by atoms with E-state index in [1.165, 1.54) is 12.1 Å². The van der Waals surface area contributed by atoms with Crippen molar-refractivity contribution >= 4 is 13.8 Å². The third-order valence-electron chi connectivity index (χ3n) is 2.17. The first kappa shape index (κ1) is 19.8. The fourth-order valence-corrected chi connectivity index (χ4v) is 3.34. The number of hydrogen-bond donors (Lipinski definition) is 1. The van der Waals surface area contributed by atoms with Gasteiger partial charge in [-0.15, -0.1) is 0 Å². The fourth-order valence-electron chi connectivity index (χ4n) is 1.57. The van der Waals surface area contributed by atoms with Crippen molar-refractivity contribution in [1.29, 1.82) is 0 Å². The molecule has 7 nitrogen and oxygen atoms in total. The van der Waals surface area contributed by atoms with Gasteiger partial charge < -0.3 is 5.11 Å². The van der Waals surface area contributed by atoms with Crippen molar-refractivity contribution in [2.45, 2.75) is 59.4 Å². The highest BCUT2D eigenvalue weighted by molar-refractivity contribution is 7.48. The number of rotatable bonds is 6. The van der Waals surface area contributed by atoms with Gasteiger partial charge in [0.2, 0.25) is 0 Å². The maximum atomic E-state index is 12.8. The topological polar surface area (TPSA) is 95.0 Å². The van der Waals surface area contributed by atoms with Gasteiger partial charge >= 0.3 is 13.8 Å². The number of aromatic carboxylic acids is 1. The van der Waals surface area contributed by atoms with E-state index in [-0.39, 0.29) is 12.3 Å². The van der Waals surface area contributed by atoms with Crippen molar-refractivity contribution in [2.24, 2.45) is 0 Å². The SMILES string of the molecule is CC(C)(C)OP(=O)(OCc1cccc(C(=O)O)n1)OC(C)(C)C. The fraction of sp³-hybridized carbons (Fsp3) is 0.600. The molecule has 0 atom stereocenters. The molecule has 1 N–H and O–H groups in total. The quantitative estimate of drug-likeness (QED) is 0.778. The normalized spacial score (nSPS) is 13.1. The molecule has 0 aliphatic heterocycles. The summed E-state index contributed by atoms with van der Waals surface area (Å²) in [6, 6.07) is 4.48. The van der Waals surface area contributed by atoms with Crippen LogP contribution >= 0.6 is 7.82 Å². The Kier molecular flexibility index (Phi) is 6.10. The van der Waals surface area contributed by atoms with Gasteiger partial charge in [-0.05, 0) is 53.7 Å². The van der Waals surface area contributed by atoms with Crippen LogP contribution in [-0.4, -0.2) is 27.3 Å². The van der Waals surface area contributed by atoms with Gasteiger partial charge in [0, 0.05) is 0 Å². The molecule has 0 aliphatic carbocycles. The Morgan fingerprint density at radius 3 is 2.09 bits per heavy atom. The van der Waals surface area contributed by atoms with Crippen LogP contribution in [0.5, 0.6) is 0 Å². The summed E-state index contributed by atoms with van der Waals surface area (Å²) in [5.41, 5.74) is -1.27. The van der Waals surface area contributed by atoms with E-state index in [1.54, 1.807) is 47.6 Å². The molecule has 0 radical (unpaired) electrons. The van der Waals surface area contributed by atoms with Crippen molar-refractivity contribution in [1.82, 2.24) is 4.98 Å². The average molecular weight is 345 g/mol. The number of phosphoric acid groups is 1. The van der Waals surface area contributed by atoms with E-state index in [1.807, 2.05) is 0 Å². The molecule has 0 spiro atoms. The summed E-state index contributed by atoms with van der Waals surface area (Å²) in [5.74, 6) is -1.15. The molecule has 0 unspecified atom stereocenters. The molecule has 130 valence electrons. The second-order valence-electron chi connectivity index (χ2n) is 6.95. The molecule has 23 heavy (non-hydrogen) atoms. The van der Waals surface area contributed by atoms with Crippen molar-refractivity contribution < 1.29 is 28.0 Å². The minimum Gasteiger partial charge on any atom is -0.477 e. The van der Waals surface area contributed by atoms with Gasteiger partial charge in [-0.3, -0.25) is 13.6 Å².